The number of carbonyl (C=O) groups is 1. The van der Waals surface area contributed by atoms with Crippen molar-refractivity contribution in [2.75, 3.05) is 7.11 Å². The van der Waals surface area contributed by atoms with E-state index < -0.39 is 17.6 Å². The molecule has 0 aliphatic heterocycles. The summed E-state index contributed by atoms with van der Waals surface area (Å²) in [5.74, 6) is -0.887. The van der Waals surface area contributed by atoms with Crippen LogP contribution in [0.1, 0.15) is 5.56 Å². The van der Waals surface area contributed by atoms with E-state index in [1.54, 1.807) is 12.1 Å². The highest BCUT2D eigenvalue weighted by atomic mass is 19.1. The Bertz CT molecular complexity index is 586. The summed E-state index contributed by atoms with van der Waals surface area (Å²) in [6, 6.07) is 10.9. The molecule has 2 unspecified atom stereocenters. The van der Waals surface area contributed by atoms with Gasteiger partial charge in [0.2, 0.25) is 5.41 Å². The normalized spacial score (nSPS) is 25.3. The number of methoxy groups -OCH3 is 1. The fourth-order valence-corrected chi connectivity index (χ4v) is 1.97. The van der Waals surface area contributed by atoms with Gasteiger partial charge in [0.25, 0.3) is 0 Å². The van der Waals surface area contributed by atoms with Gasteiger partial charge >= 0.3 is 5.97 Å². The molecule has 1 aliphatic rings. The van der Waals surface area contributed by atoms with Gasteiger partial charge in [0.05, 0.1) is 13.2 Å². The van der Waals surface area contributed by atoms with Crippen LogP contribution in [0.25, 0.3) is 5.57 Å². The van der Waals surface area contributed by atoms with E-state index in [0.29, 0.717) is 5.57 Å². The predicted molar refractivity (Wildman–Crippen MR) is 68.5 cm³/mol. The molecule has 0 radical (unpaired) electrons. The van der Waals surface area contributed by atoms with Gasteiger partial charge in [-0.25, -0.2) is 9.18 Å². The summed E-state index contributed by atoms with van der Waals surface area (Å²) < 4.78 is 18.7. The van der Waals surface area contributed by atoms with Crippen LogP contribution in [0, 0.1) is 16.7 Å². The number of hydrogen-bond acceptors (Lipinski definition) is 3. The first-order chi connectivity index (χ1) is 9.14. The van der Waals surface area contributed by atoms with E-state index >= 15 is 0 Å². The molecule has 0 saturated heterocycles. The minimum absolute atomic E-state index is 0.642. The van der Waals surface area contributed by atoms with Crippen LogP contribution in [-0.4, -0.2) is 19.3 Å². The second-order valence-corrected chi connectivity index (χ2v) is 4.20. The van der Waals surface area contributed by atoms with Crippen molar-refractivity contribution in [3.05, 3.63) is 54.1 Å². The van der Waals surface area contributed by atoms with Gasteiger partial charge in [0, 0.05) is 0 Å². The molecule has 0 saturated carbocycles. The van der Waals surface area contributed by atoms with Crippen molar-refractivity contribution in [2.24, 2.45) is 5.41 Å². The highest BCUT2D eigenvalue weighted by Gasteiger charge is 2.47. The average molecular weight is 257 g/mol. The Labute approximate surface area is 110 Å². The van der Waals surface area contributed by atoms with Crippen LogP contribution in [0.2, 0.25) is 0 Å². The number of nitrogens with zero attached hydrogens (tertiary/aromatic N) is 1. The number of benzene rings is 1. The average Bonchev–Trinajstić information content (AvgIpc) is 2.47. The fraction of sp³-hybridized carbons (Fsp3) is 0.200. The molecule has 4 heteroatoms. The van der Waals surface area contributed by atoms with E-state index in [-0.39, 0.29) is 0 Å². The molecule has 1 aromatic rings. The zero-order valence-electron chi connectivity index (χ0n) is 10.3. The lowest BCUT2D eigenvalue weighted by Crippen LogP contribution is -2.38. The number of alkyl halides is 1. The molecule has 0 amide bonds. The monoisotopic (exact) mass is 257 g/mol. The van der Waals surface area contributed by atoms with E-state index in [2.05, 4.69) is 4.74 Å². The molecule has 19 heavy (non-hydrogen) atoms. The van der Waals surface area contributed by atoms with Crippen LogP contribution in [0.15, 0.2) is 48.6 Å². The van der Waals surface area contributed by atoms with Crippen molar-refractivity contribution in [3.8, 4) is 6.07 Å². The quantitative estimate of drug-likeness (QED) is 0.765. The number of carbonyl (C=O) groups excluding carboxylic acids is 1. The van der Waals surface area contributed by atoms with E-state index in [1.807, 2.05) is 30.3 Å². The fourth-order valence-electron chi connectivity index (χ4n) is 1.97. The van der Waals surface area contributed by atoms with Crippen molar-refractivity contribution in [2.45, 2.75) is 6.17 Å². The summed E-state index contributed by atoms with van der Waals surface area (Å²) >= 11 is 0. The number of esters is 1. The van der Waals surface area contributed by atoms with Gasteiger partial charge in [-0.15, -0.1) is 0 Å². The van der Waals surface area contributed by atoms with Gasteiger partial charge in [-0.3, -0.25) is 0 Å². The maximum Gasteiger partial charge on any atom is 0.333 e. The van der Waals surface area contributed by atoms with Crippen molar-refractivity contribution >= 4 is 11.5 Å². The summed E-state index contributed by atoms with van der Waals surface area (Å²) in [6.07, 6.45) is 2.39. The van der Waals surface area contributed by atoms with Gasteiger partial charge in [-0.2, -0.15) is 5.26 Å². The Kier molecular flexibility index (Phi) is 3.48. The molecule has 0 spiro atoms. The number of ether oxygens (including phenoxy) is 1. The van der Waals surface area contributed by atoms with Crippen molar-refractivity contribution in [1.82, 2.24) is 0 Å². The molecule has 0 N–H and O–H groups in total. The Hall–Kier alpha value is -2.41. The lowest BCUT2D eigenvalue weighted by Gasteiger charge is -2.25. The Morgan fingerprint density at radius 2 is 2.11 bits per heavy atom. The standard InChI is InChI=1S/C15H12FNO2/c1-19-14(18)15(10-17)8-7-12(9-13(15)16)11-5-3-2-4-6-11/h2-9,13H,1H3. The molecule has 3 nitrogen and oxygen atoms in total. The number of rotatable bonds is 2. The Balaban J connectivity index is 2.38. The Morgan fingerprint density at radius 1 is 1.42 bits per heavy atom. The smallest absolute Gasteiger partial charge is 0.333 e. The topological polar surface area (TPSA) is 50.1 Å². The minimum atomic E-state index is -1.88. The zero-order valence-corrected chi connectivity index (χ0v) is 10.3. The minimum Gasteiger partial charge on any atom is -0.467 e. The predicted octanol–water partition coefficient (Wildman–Crippen LogP) is 2.66. The molecule has 1 aromatic carbocycles. The molecule has 2 atom stereocenters. The van der Waals surface area contributed by atoms with Crippen LogP contribution in [0.3, 0.4) is 0 Å². The molecule has 0 heterocycles. The summed E-state index contributed by atoms with van der Waals surface area (Å²) in [6.45, 7) is 0. The van der Waals surface area contributed by atoms with Crippen LogP contribution >= 0.6 is 0 Å². The molecular weight excluding hydrogens is 245 g/mol. The second kappa shape index (κ2) is 5.07. The van der Waals surface area contributed by atoms with Crippen LogP contribution in [0.4, 0.5) is 4.39 Å². The molecular formula is C15H12FNO2. The lowest BCUT2D eigenvalue weighted by atomic mass is 9.79. The third kappa shape index (κ3) is 2.15. The van der Waals surface area contributed by atoms with Crippen molar-refractivity contribution in [3.63, 3.8) is 0 Å². The molecule has 0 bridgehead atoms. The van der Waals surface area contributed by atoms with E-state index in [4.69, 9.17) is 5.26 Å². The number of nitriles is 1. The SMILES string of the molecule is COC(=O)C1(C#N)C=CC(c2ccccc2)=CC1F. The summed E-state index contributed by atoms with van der Waals surface area (Å²) in [4.78, 5) is 11.6. The van der Waals surface area contributed by atoms with Crippen LogP contribution in [-0.2, 0) is 9.53 Å². The molecule has 1 aliphatic carbocycles. The van der Waals surface area contributed by atoms with Gasteiger partial charge in [-0.05, 0) is 23.3 Å². The van der Waals surface area contributed by atoms with Crippen LogP contribution in [0.5, 0.6) is 0 Å². The van der Waals surface area contributed by atoms with Crippen molar-refractivity contribution < 1.29 is 13.9 Å². The third-order valence-electron chi connectivity index (χ3n) is 3.10. The largest absolute Gasteiger partial charge is 0.467 e. The van der Waals surface area contributed by atoms with Gasteiger partial charge in [-0.1, -0.05) is 36.4 Å². The molecule has 0 aromatic heterocycles. The summed E-state index contributed by atoms with van der Waals surface area (Å²) in [7, 11) is 1.14. The highest BCUT2D eigenvalue weighted by molar-refractivity contribution is 5.88. The van der Waals surface area contributed by atoms with E-state index in [0.717, 1.165) is 12.7 Å². The van der Waals surface area contributed by atoms with Gasteiger partial charge in [0.1, 0.15) is 0 Å². The summed E-state index contributed by atoms with van der Waals surface area (Å²) in [5.41, 5.74) is -0.409. The summed E-state index contributed by atoms with van der Waals surface area (Å²) in [5, 5.41) is 9.10. The Morgan fingerprint density at radius 3 is 2.63 bits per heavy atom. The zero-order chi connectivity index (χ0) is 13.9. The third-order valence-corrected chi connectivity index (χ3v) is 3.10. The number of allylic oxidation sites excluding steroid dienone is 3. The van der Waals surface area contributed by atoms with Crippen molar-refractivity contribution in [1.29, 1.82) is 5.26 Å². The van der Waals surface area contributed by atoms with Gasteiger partial charge < -0.3 is 4.74 Å². The second-order valence-electron chi connectivity index (χ2n) is 4.20. The maximum absolute atomic E-state index is 14.2. The highest BCUT2D eigenvalue weighted by Crippen LogP contribution is 2.36. The first-order valence-electron chi connectivity index (χ1n) is 5.74. The van der Waals surface area contributed by atoms with E-state index in [9.17, 15) is 9.18 Å². The van der Waals surface area contributed by atoms with Crippen LogP contribution < -0.4 is 0 Å². The lowest BCUT2D eigenvalue weighted by molar-refractivity contribution is -0.148. The first-order valence-corrected chi connectivity index (χ1v) is 5.74. The molecule has 96 valence electrons. The number of halogens is 1. The van der Waals surface area contributed by atoms with Gasteiger partial charge in [0.15, 0.2) is 6.17 Å². The first kappa shape index (κ1) is 13.0. The number of hydrogen-bond donors (Lipinski definition) is 0. The maximum atomic E-state index is 14.2. The molecule has 2 rings (SSSR count). The van der Waals surface area contributed by atoms with E-state index in [1.165, 1.54) is 12.2 Å². The molecule has 0 fully saturated rings.